The molecule has 0 amide bonds. The van der Waals surface area contributed by atoms with E-state index in [0.717, 1.165) is 31.1 Å². The normalized spacial score (nSPS) is 18.8. The summed E-state index contributed by atoms with van der Waals surface area (Å²) in [5.41, 5.74) is 2.39. The zero-order valence-corrected chi connectivity index (χ0v) is 14.1. The summed E-state index contributed by atoms with van der Waals surface area (Å²) < 4.78 is 6.19. The van der Waals surface area contributed by atoms with Crippen molar-refractivity contribution >= 4 is 17.3 Å². The first-order valence-corrected chi connectivity index (χ1v) is 8.59. The van der Waals surface area contributed by atoms with E-state index in [-0.39, 0.29) is 0 Å². The van der Waals surface area contributed by atoms with E-state index in [1.165, 1.54) is 24.1 Å². The molecule has 0 atom stereocenters. The molecule has 0 bridgehead atoms. The summed E-state index contributed by atoms with van der Waals surface area (Å²) in [5.74, 6) is 1.80. The van der Waals surface area contributed by atoms with E-state index >= 15 is 0 Å². The minimum atomic E-state index is 0.553. The highest BCUT2D eigenvalue weighted by atomic mass is 35.5. The van der Waals surface area contributed by atoms with E-state index in [2.05, 4.69) is 35.0 Å². The Hall–Kier alpha value is -1.71. The number of benzene rings is 2. The van der Waals surface area contributed by atoms with Crippen molar-refractivity contribution in [2.24, 2.45) is 0 Å². The van der Waals surface area contributed by atoms with Crippen LogP contribution in [0, 0.1) is 0 Å². The van der Waals surface area contributed by atoms with Gasteiger partial charge in [0.05, 0.1) is 5.69 Å². The lowest BCUT2D eigenvalue weighted by molar-refractivity contribution is 0.249. The van der Waals surface area contributed by atoms with Crippen LogP contribution in [0.2, 0.25) is 5.02 Å². The van der Waals surface area contributed by atoms with Gasteiger partial charge in [0.1, 0.15) is 5.75 Å². The molecule has 3 nitrogen and oxygen atoms in total. The van der Waals surface area contributed by atoms with Gasteiger partial charge in [-0.05, 0) is 57.2 Å². The minimum absolute atomic E-state index is 0.553. The van der Waals surface area contributed by atoms with Gasteiger partial charge >= 0.3 is 0 Å². The molecule has 4 rings (SSSR count). The van der Waals surface area contributed by atoms with Gasteiger partial charge in [-0.25, -0.2) is 0 Å². The molecule has 1 fully saturated rings. The van der Waals surface area contributed by atoms with Gasteiger partial charge < -0.3 is 14.5 Å². The molecule has 2 aromatic rings. The van der Waals surface area contributed by atoms with Crippen LogP contribution in [0.25, 0.3) is 0 Å². The zero-order chi connectivity index (χ0) is 15.8. The van der Waals surface area contributed by atoms with Crippen molar-refractivity contribution in [2.45, 2.75) is 25.4 Å². The van der Waals surface area contributed by atoms with Crippen LogP contribution >= 0.6 is 11.6 Å². The number of hydrogen-bond acceptors (Lipinski definition) is 3. The first-order chi connectivity index (χ1) is 11.2. The molecule has 2 heterocycles. The van der Waals surface area contributed by atoms with Crippen molar-refractivity contribution in [3.8, 4) is 11.5 Å². The second kappa shape index (κ2) is 6.06. The number of fused-ring (bicyclic) bond motifs is 2. The van der Waals surface area contributed by atoms with E-state index in [1.54, 1.807) is 0 Å². The number of anilines is 1. The number of rotatable bonds is 1. The zero-order valence-electron chi connectivity index (χ0n) is 13.3. The van der Waals surface area contributed by atoms with E-state index < -0.39 is 0 Å². The summed E-state index contributed by atoms with van der Waals surface area (Å²) in [4.78, 5) is 4.92. The molecule has 4 heteroatoms. The highest BCUT2D eigenvalue weighted by molar-refractivity contribution is 6.30. The van der Waals surface area contributed by atoms with Crippen LogP contribution in [-0.4, -0.2) is 31.1 Å². The highest BCUT2D eigenvalue weighted by Crippen LogP contribution is 2.41. The van der Waals surface area contributed by atoms with Gasteiger partial charge in [-0.1, -0.05) is 29.8 Å². The molecule has 0 radical (unpaired) electrons. The summed E-state index contributed by atoms with van der Waals surface area (Å²) in [6.45, 7) is 3.17. The molecule has 0 N–H and O–H groups in total. The number of nitrogens with zero attached hydrogens (tertiary/aromatic N) is 2. The number of para-hydroxylation sites is 2. The third kappa shape index (κ3) is 2.91. The van der Waals surface area contributed by atoms with Gasteiger partial charge in [0.25, 0.3) is 0 Å². The maximum atomic E-state index is 6.19. The summed E-state index contributed by atoms with van der Waals surface area (Å²) in [6.07, 6.45) is 2.38. The SMILES string of the molecule is CN1CCC(N2Cc3ccc(Cl)cc3Oc3ccccc32)CC1. The van der Waals surface area contributed by atoms with Crippen molar-refractivity contribution in [2.75, 3.05) is 25.0 Å². The van der Waals surface area contributed by atoms with E-state index in [4.69, 9.17) is 16.3 Å². The van der Waals surface area contributed by atoms with Crippen LogP contribution in [0.4, 0.5) is 5.69 Å². The molecule has 2 aliphatic heterocycles. The molecule has 23 heavy (non-hydrogen) atoms. The monoisotopic (exact) mass is 328 g/mol. The lowest BCUT2D eigenvalue weighted by atomic mass is 10.0. The average molecular weight is 329 g/mol. The topological polar surface area (TPSA) is 15.7 Å². The van der Waals surface area contributed by atoms with Gasteiger partial charge in [0, 0.05) is 23.2 Å². The third-order valence-electron chi connectivity index (χ3n) is 4.89. The first-order valence-electron chi connectivity index (χ1n) is 8.21. The van der Waals surface area contributed by atoms with E-state index in [9.17, 15) is 0 Å². The first kappa shape index (κ1) is 14.9. The third-order valence-corrected chi connectivity index (χ3v) is 5.13. The Morgan fingerprint density at radius 3 is 2.65 bits per heavy atom. The van der Waals surface area contributed by atoms with Gasteiger partial charge in [0.2, 0.25) is 0 Å². The van der Waals surface area contributed by atoms with E-state index in [1.807, 2.05) is 24.3 Å². The van der Waals surface area contributed by atoms with Crippen molar-refractivity contribution in [3.63, 3.8) is 0 Å². The average Bonchev–Trinajstić information content (AvgIpc) is 2.72. The van der Waals surface area contributed by atoms with Gasteiger partial charge in [0.15, 0.2) is 5.75 Å². The number of ether oxygens (including phenoxy) is 1. The predicted molar refractivity (Wildman–Crippen MR) is 94.7 cm³/mol. The van der Waals surface area contributed by atoms with Crippen LogP contribution in [0.3, 0.4) is 0 Å². The number of piperidine rings is 1. The van der Waals surface area contributed by atoms with Gasteiger partial charge in [-0.15, -0.1) is 0 Å². The molecule has 0 spiro atoms. The van der Waals surface area contributed by atoms with Crippen molar-refractivity contribution in [1.29, 1.82) is 0 Å². The minimum Gasteiger partial charge on any atom is -0.455 e. The van der Waals surface area contributed by atoms with E-state index in [0.29, 0.717) is 11.1 Å². The lowest BCUT2D eigenvalue weighted by Gasteiger charge is -2.38. The fourth-order valence-electron chi connectivity index (χ4n) is 3.55. The molecular weight excluding hydrogens is 308 g/mol. The Balaban J connectivity index is 1.74. The second-order valence-corrected chi connectivity index (χ2v) is 6.92. The molecule has 1 saturated heterocycles. The molecule has 0 aromatic heterocycles. The Kier molecular flexibility index (Phi) is 3.92. The lowest BCUT2D eigenvalue weighted by Crippen LogP contribution is -2.43. The fraction of sp³-hybridized carbons (Fsp3) is 0.368. The Morgan fingerprint density at radius 2 is 1.83 bits per heavy atom. The quantitative estimate of drug-likeness (QED) is 0.764. The number of likely N-dealkylation sites (tertiary alicyclic amines) is 1. The largest absolute Gasteiger partial charge is 0.455 e. The van der Waals surface area contributed by atoms with Gasteiger partial charge in [-0.2, -0.15) is 0 Å². The van der Waals surface area contributed by atoms with Crippen LogP contribution in [-0.2, 0) is 6.54 Å². The molecule has 2 aliphatic rings. The molecule has 0 unspecified atom stereocenters. The summed E-state index contributed by atoms with van der Waals surface area (Å²) >= 11 is 6.16. The Morgan fingerprint density at radius 1 is 1.04 bits per heavy atom. The Bertz CT molecular complexity index is 710. The number of halogens is 1. The van der Waals surface area contributed by atoms with Crippen molar-refractivity contribution < 1.29 is 4.74 Å². The molecule has 120 valence electrons. The van der Waals surface area contributed by atoms with Crippen LogP contribution in [0.1, 0.15) is 18.4 Å². The molecule has 0 aliphatic carbocycles. The summed E-state index contributed by atoms with van der Waals surface area (Å²) in [5, 5.41) is 0.717. The standard InChI is InChI=1S/C19H21ClN2O/c1-21-10-8-16(9-11-21)22-13-14-6-7-15(20)12-19(14)23-18-5-3-2-4-17(18)22/h2-7,12,16H,8-11,13H2,1H3. The van der Waals surface area contributed by atoms with Gasteiger partial charge in [-0.3, -0.25) is 0 Å². The van der Waals surface area contributed by atoms with Crippen molar-refractivity contribution in [1.82, 2.24) is 4.90 Å². The van der Waals surface area contributed by atoms with Crippen LogP contribution in [0.15, 0.2) is 42.5 Å². The predicted octanol–water partition coefficient (Wildman–Crippen LogP) is 4.55. The maximum absolute atomic E-state index is 6.19. The maximum Gasteiger partial charge on any atom is 0.150 e. The summed E-state index contributed by atoms with van der Waals surface area (Å²) in [7, 11) is 2.20. The van der Waals surface area contributed by atoms with Crippen molar-refractivity contribution in [3.05, 3.63) is 53.1 Å². The highest BCUT2D eigenvalue weighted by Gasteiger charge is 2.28. The fourth-order valence-corrected chi connectivity index (χ4v) is 3.72. The smallest absolute Gasteiger partial charge is 0.150 e. The van der Waals surface area contributed by atoms with Crippen LogP contribution < -0.4 is 9.64 Å². The summed E-state index contributed by atoms with van der Waals surface area (Å²) in [6, 6.07) is 14.9. The Labute approximate surface area is 142 Å². The number of hydrogen-bond donors (Lipinski definition) is 0. The molecule has 2 aromatic carbocycles. The van der Waals surface area contributed by atoms with Crippen LogP contribution in [0.5, 0.6) is 11.5 Å². The molecule has 0 saturated carbocycles. The molecular formula is C19H21ClN2O. The second-order valence-electron chi connectivity index (χ2n) is 6.48.